The molecule has 0 saturated carbocycles. The van der Waals surface area contributed by atoms with E-state index >= 15 is 0 Å². The summed E-state index contributed by atoms with van der Waals surface area (Å²) in [5, 5.41) is 19.9. The summed E-state index contributed by atoms with van der Waals surface area (Å²) in [5.74, 6) is -0.271. The molecule has 0 saturated heterocycles. The molecule has 3 aromatic carbocycles. The first kappa shape index (κ1) is 24.5. The van der Waals surface area contributed by atoms with Crippen LogP contribution < -0.4 is 48.9 Å². The van der Waals surface area contributed by atoms with Gasteiger partial charge in [0.1, 0.15) is 16.8 Å². The number of aliphatic carboxylic acids is 1. The maximum Gasteiger partial charge on any atom is 1.00 e. The first-order valence-electron chi connectivity index (χ1n) is 10.3. The smallest absolute Gasteiger partial charge is 0.545 e. The van der Waals surface area contributed by atoms with Crippen molar-refractivity contribution >= 4 is 28.4 Å². The summed E-state index contributed by atoms with van der Waals surface area (Å²) in [4.78, 5) is 26.0. The zero-order chi connectivity index (χ0) is 23.7. The van der Waals surface area contributed by atoms with E-state index in [4.69, 9.17) is 18.8 Å². The predicted octanol–water partition coefficient (Wildman–Crippen LogP) is -0.407. The third kappa shape index (κ3) is 4.93. The molecule has 4 aromatic rings. The van der Waals surface area contributed by atoms with Crippen molar-refractivity contribution in [2.75, 3.05) is 13.9 Å². The van der Waals surface area contributed by atoms with Crippen LogP contribution in [-0.2, 0) is 11.2 Å². The molecule has 1 aromatic heterocycles. The molecule has 0 unspecified atom stereocenters. The molecule has 9 nitrogen and oxygen atoms in total. The van der Waals surface area contributed by atoms with Gasteiger partial charge in [0, 0.05) is 23.1 Å². The topological polar surface area (TPSA) is 124 Å². The van der Waals surface area contributed by atoms with Gasteiger partial charge in [-0.15, -0.1) is 0 Å². The summed E-state index contributed by atoms with van der Waals surface area (Å²) >= 11 is 0. The molecule has 0 fully saturated rings. The Hall–Kier alpha value is -3.66. The number of carboxylic acids is 1. The second-order valence-corrected chi connectivity index (χ2v) is 7.53. The maximum atomic E-state index is 13.6. The van der Waals surface area contributed by atoms with E-state index in [1.807, 2.05) is 0 Å². The number of methoxy groups -OCH3 is 1. The molecule has 0 N–H and O–H groups in total. The maximum absolute atomic E-state index is 13.6. The quantitative estimate of drug-likeness (QED) is 0.197. The Morgan fingerprint density at radius 1 is 0.914 bits per heavy atom. The average Bonchev–Trinajstić information content (AvgIpc) is 3.51. The number of Topliss-reactive ketones (excluding diaryl/α,β-unsaturated/α-hetero) is 1. The number of benzene rings is 3. The summed E-state index contributed by atoms with van der Waals surface area (Å²) < 4.78 is 20.7. The van der Waals surface area contributed by atoms with Crippen LogP contribution in [0.4, 0.5) is 0 Å². The Balaban J connectivity index is 0.00000289. The van der Waals surface area contributed by atoms with Crippen molar-refractivity contribution in [1.82, 2.24) is 10.3 Å². The molecular weight excluding hydrogens is 463 g/mol. The summed E-state index contributed by atoms with van der Waals surface area (Å²) in [6.45, 7) is 0.0995. The van der Waals surface area contributed by atoms with E-state index in [-0.39, 0.29) is 59.5 Å². The molecule has 0 spiro atoms. The minimum absolute atomic E-state index is 0. The minimum atomic E-state index is -1.49. The Morgan fingerprint density at radius 2 is 1.63 bits per heavy atom. The number of hydrogen-bond donors (Lipinski definition) is 0. The van der Waals surface area contributed by atoms with Crippen LogP contribution in [0.15, 0.2) is 70.9 Å². The van der Waals surface area contributed by atoms with Crippen LogP contribution in [-0.4, -0.2) is 36.0 Å². The molecule has 2 heterocycles. The minimum Gasteiger partial charge on any atom is -0.545 e. The Morgan fingerprint density at radius 3 is 2.37 bits per heavy atom. The molecule has 170 valence electrons. The van der Waals surface area contributed by atoms with E-state index < -0.39 is 11.8 Å². The predicted molar refractivity (Wildman–Crippen MR) is 117 cm³/mol. The second kappa shape index (κ2) is 10.3. The van der Waals surface area contributed by atoms with Gasteiger partial charge in [0.05, 0.1) is 13.1 Å². The average molecular weight is 480 g/mol. The van der Waals surface area contributed by atoms with Crippen LogP contribution >= 0.6 is 0 Å². The van der Waals surface area contributed by atoms with E-state index in [2.05, 4.69) is 10.3 Å². The molecule has 0 amide bonds. The summed E-state index contributed by atoms with van der Waals surface area (Å²) in [7, 11) is 1.52. The van der Waals surface area contributed by atoms with Crippen molar-refractivity contribution in [3.63, 3.8) is 0 Å². The molecule has 0 atom stereocenters. The van der Waals surface area contributed by atoms with Gasteiger partial charge in [0.15, 0.2) is 17.3 Å². The van der Waals surface area contributed by atoms with E-state index in [9.17, 15) is 14.7 Å². The summed E-state index contributed by atoms with van der Waals surface area (Å²) in [6.07, 6.45) is 0.0138. The number of carbonyl (C=O) groups excluding carboxylic acids is 2. The van der Waals surface area contributed by atoms with Crippen molar-refractivity contribution in [2.45, 2.75) is 6.42 Å². The largest absolute Gasteiger partial charge is 1.00 e. The molecule has 0 radical (unpaired) electrons. The molecule has 1 aliphatic rings. The van der Waals surface area contributed by atoms with Crippen LogP contribution in [0, 0.1) is 0 Å². The van der Waals surface area contributed by atoms with Gasteiger partial charge < -0.3 is 24.1 Å². The van der Waals surface area contributed by atoms with Crippen molar-refractivity contribution in [2.24, 2.45) is 0 Å². The molecule has 35 heavy (non-hydrogen) atoms. The Labute approximate surface area is 221 Å². The number of allylic oxidation sites excluding steroid dienone is 1. The molecule has 10 heteroatoms. The fourth-order valence-corrected chi connectivity index (χ4v) is 3.81. The molecule has 5 rings (SSSR count). The number of hydrogen-bond acceptors (Lipinski definition) is 9. The fourth-order valence-electron chi connectivity index (χ4n) is 3.81. The third-order valence-electron chi connectivity index (χ3n) is 5.49. The third-order valence-corrected chi connectivity index (χ3v) is 5.49. The zero-order valence-corrected chi connectivity index (χ0v) is 20.9. The number of carboxylic acid groups (broad SMARTS) is 1. The van der Waals surface area contributed by atoms with Gasteiger partial charge in [0.25, 0.3) is 0 Å². The monoisotopic (exact) mass is 480 g/mol. The van der Waals surface area contributed by atoms with Gasteiger partial charge in [-0.25, -0.2) is 4.63 Å². The number of rotatable bonds is 7. The van der Waals surface area contributed by atoms with E-state index in [0.717, 1.165) is 0 Å². The van der Waals surface area contributed by atoms with Crippen molar-refractivity contribution < 1.29 is 63.1 Å². The zero-order valence-electron chi connectivity index (χ0n) is 18.9. The number of ether oxygens (including phenoxy) is 3. The molecule has 1 aliphatic heterocycles. The van der Waals surface area contributed by atoms with Crippen molar-refractivity contribution in [3.8, 4) is 17.2 Å². The number of carbonyl (C=O) groups is 2. The van der Waals surface area contributed by atoms with Crippen LogP contribution in [0.3, 0.4) is 0 Å². The Kier molecular flexibility index (Phi) is 7.20. The van der Waals surface area contributed by atoms with E-state index in [0.29, 0.717) is 39.4 Å². The SMILES string of the molecule is COc1ccc(C(=O)C(Cc2ccc3c(c2)OCO3)=C(C(=O)[O-])c2ccc3nonc3c2)cc1.[Na+]. The standard InChI is InChI=1S/C25H18N2O7.Na/c1-31-17-6-3-15(4-7-17)24(28)18(10-14-2-9-21-22(11-14)33-13-32-21)23(25(29)30)16-5-8-19-20(12-16)27-34-26-19;/h2-9,11-12H,10,13H2,1H3,(H,29,30);/q;+1/p-1. The van der Waals surface area contributed by atoms with Gasteiger partial charge >= 0.3 is 29.6 Å². The van der Waals surface area contributed by atoms with E-state index in [1.54, 1.807) is 54.6 Å². The van der Waals surface area contributed by atoms with Gasteiger partial charge in [-0.1, -0.05) is 12.1 Å². The summed E-state index contributed by atoms with van der Waals surface area (Å²) in [5.41, 5.74) is 1.84. The number of nitrogens with zero attached hydrogens (tertiary/aromatic N) is 2. The fraction of sp³-hybridized carbons (Fsp3) is 0.120. The Bertz CT molecular complexity index is 1440. The van der Waals surface area contributed by atoms with Gasteiger partial charge in [-0.3, -0.25) is 4.79 Å². The summed E-state index contributed by atoms with van der Waals surface area (Å²) in [6, 6.07) is 16.2. The first-order valence-corrected chi connectivity index (χ1v) is 10.3. The normalized spacial score (nSPS) is 12.6. The second-order valence-electron chi connectivity index (χ2n) is 7.53. The van der Waals surface area contributed by atoms with E-state index in [1.165, 1.54) is 13.2 Å². The van der Waals surface area contributed by atoms with Gasteiger partial charge in [-0.2, -0.15) is 0 Å². The van der Waals surface area contributed by atoms with Crippen molar-refractivity contribution in [1.29, 1.82) is 0 Å². The number of aromatic nitrogens is 2. The number of ketones is 1. The van der Waals surface area contributed by atoms with Crippen LogP contribution in [0.1, 0.15) is 21.5 Å². The van der Waals surface area contributed by atoms with Crippen molar-refractivity contribution in [3.05, 3.63) is 82.9 Å². The van der Waals surface area contributed by atoms with Crippen LogP contribution in [0.2, 0.25) is 0 Å². The number of fused-ring (bicyclic) bond motifs is 2. The molecular formula is C25H17N2NaO7. The molecule has 0 aliphatic carbocycles. The van der Waals surface area contributed by atoms with Gasteiger partial charge in [0.2, 0.25) is 6.79 Å². The van der Waals surface area contributed by atoms with Crippen LogP contribution in [0.25, 0.3) is 16.6 Å². The molecule has 0 bridgehead atoms. The van der Waals surface area contributed by atoms with Crippen LogP contribution in [0.5, 0.6) is 17.2 Å². The van der Waals surface area contributed by atoms with Gasteiger partial charge in [-0.05, 0) is 70.0 Å². The first-order chi connectivity index (χ1) is 16.5.